The molecule has 27 heavy (non-hydrogen) atoms. The monoisotopic (exact) mass is 377 g/mol. The van der Waals surface area contributed by atoms with Crippen LogP contribution in [0.15, 0.2) is 42.5 Å². The molecule has 0 radical (unpaired) electrons. The van der Waals surface area contributed by atoms with Crippen LogP contribution in [0.1, 0.15) is 15.9 Å². The van der Waals surface area contributed by atoms with E-state index in [1.54, 1.807) is 18.2 Å². The van der Waals surface area contributed by atoms with Crippen LogP contribution >= 0.6 is 0 Å². The standard InChI is InChI=1S/C19H14F3NO4/c1-10-7-11(26-2)3-5-13(10)17-9-15(18(24)25)14-8-12(27-19(20,21)22)4-6-16(14)23-17/h3-9H,1-2H3,(H,24,25). The van der Waals surface area contributed by atoms with Crippen LogP contribution in [0.2, 0.25) is 0 Å². The number of methoxy groups -OCH3 is 1. The number of halogens is 3. The van der Waals surface area contributed by atoms with Gasteiger partial charge in [-0.2, -0.15) is 0 Å². The number of nitrogens with zero attached hydrogens (tertiary/aromatic N) is 1. The smallest absolute Gasteiger partial charge is 0.497 e. The number of aromatic nitrogens is 1. The number of carbonyl (C=O) groups is 1. The molecule has 0 unspecified atom stereocenters. The third-order valence-corrected chi connectivity index (χ3v) is 3.95. The summed E-state index contributed by atoms with van der Waals surface area (Å²) in [6, 6.07) is 9.98. The summed E-state index contributed by atoms with van der Waals surface area (Å²) < 4.78 is 46.3. The van der Waals surface area contributed by atoms with Crippen molar-refractivity contribution in [3.63, 3.8) is 0 Å². The molecule has 1 aromatic heterocycles. The van der Waals surface area contributed by atoms with Crippen molar-refractivity contribution in [1.82, 2.24) is 4.98 Å². The van der Waals surface area contributed by atoms with Gasteiger partial charge < -0.3 is 14.6 Å². The lowest BCUT2D eigenvalue weighted by atomic mass is 10.0. The highest BCUT2D eigenvalue weighted by molar-refractivity contribution is 6.04. The van der Waals surface area contributed by atoms with Crippen molar-refractivity contribution >= 4 is 16.9 Å². The molecule has 1 heterocycles. The minimum Gasteiger partial charge on any atom is -0.497 e. The fourth-order valence-corrected chi connectivity index (χ4v) is 2.77. The van der Waals surface area contributed by atoms with Crippen molar-refractivity contribution in [3.05, 3.63) is 53.6 Å². The van der Waals surface area contributed by atoms with Crippen LogP contribution in [-0.2, 0) is 0 Å². The molecule has 3 aromatic rings. The van der Waals surface area contributed by atoms with E-state index in [4.69, 9.17) is 4.74 Å². The van der Waals surface area contributed by atoms with Crippen molar-refractivity contribution < 1.29 is 32.5 Å². The van der Waals surface area contributed by atoms with E-state index in [0.29, 0.717) is 17.0 Å². The minimum atomic E-state index is -4.87. The van der Waals surface area contributed by atoms with E-state index in [9.17, 15) is 23.1 Å². The number of fused-ring (bicyclic) bond motifs is 1. The van der Waals surface area contributed by atoms with Crippen molar-refractivity contribution in [2.24, 2.45) is 0 Å². The SMILES string of the molecule is COc1ccc(-c2cc(C(=O)O)c3cc(OC(F)(F)F)ccc3n2)c(C)c1. The Hall–Kier alpha value is -3.29. The second-order valence-corrected chi connectivity index (χ2v) is 5.77. The number of rotatable bonds is 4. The molecular formula is C19H14F3NO4. The zero-order valence-corrected chi connectivity index (χ0v) is 14.3. The molecule has 0 spiro atoms. The van der Waals surface area contributed by atoms with Gasteiger partial charge in [0.15, 0.2) is 0 Å². The normalized spacial score (nSPS) is 11.4. The maximum Gasteiger partial charge on any atom is 0.573 e. The van der Waals surface area contributed by atoms with Gasteiger partial charge in [-0.05, 0) is 55.0 Å². The van der Waals surface area contributed by atoms with E-state index >= 15 is 0 Å². The molecule has 2 aromatic carbocycles. The molecule has 0 aliphatic carbocycles. The number of aromatic carboxylic acids is 1. The van der Waals surface area contributed by atoms with Crippen LogP contribution in [0.4, 0.5) is 13.2 Å². The number of carboxylic acids is 1. The number of ether oxygens (including phenoxy) is 2. The summed E-state index contributed by atoms with van der Waals surface area (Å²) in [6.07, 6.45) is -4.87. The lowest BCUT2D eigenvalue weighted by molar-refractivity contribution is -0.274. The quantitative estimate of drug-likeness (QED) is 0.706. The Morgan fingerprint density at radius 2 is 1.78 bits per heavy atom. The third kappa shape index (κ3) is 3.94. The van der Waals surface area contributed by atoms with Crippen molar-refractivity contribution in [2.45, 2.75) is 13.3 Å². The Labute approximate surface area is 152 Å². The molecular weight excluding hydrogens is 363 g/mol. The Morgan fingerprint density at radius 1 is 1.07 bits per heavy atom. The van der Waals surface area contributed by atoms with Crippen LogP contribution in [-0.4, -0.2) is 29.5 Å². The molecule has 1 N–H and O–H groups in total. The fraction of sp³-hybridized carbons (Fsp3) is 0.158. The average molecular weight is 377 g/mol. The molecule has 3 rings (SSSR count). The Balaban J connectivity index is 2.17. The van der Waals surface area contributed by atoms with Gasteiger partial charge in [-0.1, -0.05) is 0 Å². The van der Waals surface area contributed by atoms with Gasteiger partial charge in [-0.25, -0.2) is 9.78 Å². The lowest BCUT2D eigenvalue weighted by Gasteiger charge is -2.13. The van der Waals surface area contributed by atoms with Gasteiger partial charge in [-0.15, -0.1) is 13.2 Å². The van der Waals surface area contributed by atoms with E-state index in [-0.39, 0.29) is 16.5 Å². The highest BCUT2D eigenvalue weighted by Gasteiger charge is 2.31. The topological polar surface area (TPSA) is 68.7 Å². The maximum atomic E-state index is 12.4. The number of carboxylic acid groups (broad SMARTS) is 1. The van der Waals surface area contributed by atoms with Crippen molar-refractivity contribution in [2.75, 3.05) is 7.11 Å². The van der Waals surface area contributed by atoms with E-state index < -0.39 is 18.1 Å². The summed E-state index contributed by atoms with van der Waals surface area (Å²) >= 11 is 0. The zero-order chi connectivity index (χ0) is 19.8. The van der Waals surface area contributed by atoms with Crippen LogP contribution in [0.25, 0.3) is 22.2 Å². The van der Waals surface area contributed by atoms with Gasteiger partial charge in [0.1, 0.15) is 11.5 Å². The number of alkyl halides is 3. The average Bonchev–Trinajstić information content (AvgIpc) is 2.59. The minimum absolute atomic E-state index is 0.0548. The number of hydrogen-bond donors (Lipinski definition) is 1. The van der Waals surface area contributed by atoms with E-state index in [1.165, 1.54) is 19.2 Å². The Kier molecular flexibility index (Phi) is 4.65. The van der Waals surface area contributed by atoms with Gasteiger partial charge in [0, 0.05) is 10.9 Å². The van der Waals surface area contributed by atoms with Crippen LogP contribution in [0, 0.1) is 6.92 Å². The van der Waals surface area contributed by atoms with Crippen molar-refractivity contribution in [3.8, 4) is 22.8 Å². The molecule has 0 amide bonds. The molecule has 0 atom stereocenters. The Bertz CT molecular complexity index is 1030. The van der Waals surface area contributed by atoms with Gasteiger partial charge in [0.2, 0.25) is 0 Å². The summed E-state index contributed by atoms with van der Waals surface area (Å²) in [5.74, 6) is -1.14. The summed E-state index contributed by atoms with van der Waals surface area (Å²) in [5, 5.41) is 9.57. The molecule has 5 nitrogen and oxygen atoms in total. The van der Waals surface area contributed by atoms with Gasteiger partial charge in [0.25, 0.3) is 0 Å². The van der Waals surface area contributed by atoms with Gasteiger partial charge in [0.05, 0.1) is 23.9 Å². The summed E-state index contributed by atoms with van der Waals surface area (Å²) in [6.45, 7) is 1.82. The molecule has 8 heteroatoms. The van der Waals surface area contributed by atoms with Crippen molar-refractivity contribution in [1.29, 1.82) is 0 Å². The summed E-state index contributed by atoms with van der Waals surface area (Å²) in [5.41, 5.74) is 1.97. The molecule has 0 bridgehead atoms. The van der Waals surface area contributed by atoms with Crippen LogP contribution in [0.5, 0.6) is 11.5 Å². The second-order valence-electron chi connectivity index (χ2n) is 5.77. The van der Waals surface area contributed by atoms with Gasteiger partial charge >= 0.3 is 12.3 Å². The molecule has 0 fully saturated rings. The fourth-order valence-electron chi connectivity index (χ4n) is 2.77. The molecule has 0 saturated carbocycles. The predicted octanol–water partition coefficient (Wildman–Crippen LogP) is 4.82. The van der Waals surface area contributed by atoms with Crippen LogP contribution < -0.4 is 9.47 Å². The predicted molar refractivity (Wildman–Crippen MR) is 92.1 cm³/mol. The first-order valence-corrected chi connectivity index (χ1v) is 7.77. The highest BCUT2D eigenvalue weighted by Crippen LogP contribution is 2.32. The number of benzene rings is 2. The van der Waals surface area contributed by atoms with Crippen LogP contribution in [0.3, 0.4) is 0 Å². The number of hydrogen-bond acceptors (Lipinski definition) is 4. The maximum absolute atomic E-state index is 12.4. The van der Waals surface area contributed by atoms with E-state index in [1.807, 2.05) is 6.92 Å². The lowest BCUT2D eigenvalue weighted by Crippen LogP contribution is -2.17. The summed E-state index contributed by atoms with van der Waals surface area (Å²) in [7, 11) is 1.53. The molecule has 0 aliphatic rings. The largest absolute Gasteiger partial charge is 0.573 e. The number of aryl methyl sites for hydroxylation is 1. The van der Waals surface area contributed by atoms with E-state index in [2.05, 4.69) is 9.72 Å². The molecule has 0 saturated heterocycles. The number of pyridine rings is 1. The molecule has 0 aliphatic heterocycles. The third-order valence-electron chi connectivity index (χ3n) is 3.95. The molecule has 140 valence electrons. The Morgan fingerprint density at radius 3 is 2.37 bits per heavy atom. The first-order chi connectivity index (χ1) is 12.7. The highest BCUT2D eigenvalue weighted by atomic mass is 19.4. The first kappa shape index (κ1) is 18.5. The zero-order valence-electron chi connectivity index (χ0n) is 14.3. The van der Waals surface area contributed by atoms with Gasteiger partial charge in [-0.3, -0.25) is 0 Å². The first-order valence-electron chi connectivity index (χ1n) is 7.77. The summed E-state index contributed by atoms with van der Waals surface area (Å²) in [4.78, 5) is 16.1. The van der Waals surface area contributed by atoms with E-state index in [0.717, 1.165) is 17.7 Å². The second kappa shape index (κ2) is 6.79.